The van der Waals surface area contributed by atoms with Gasteiger partial charge in [0, 0.05) is 32.1 Å². The highest BCUT2D eigenvalue weighted by molar-refractivity contribution is 5.79. The van der Waals surface area contributed by atoms with Gasteiger partial charge in [0.05, 0.1) is 0 Å². The van der Waals surface area contributed by atoms with E-state index in [-0.39, 0.29) is 5.92 Å². The summed E-state index contributed by atoms with van der Waals surface area (Å²) in [6.45, 7) is 3.84. The Morgan fingerprint density at radius 2 is 1.96 bits per heavy atom. The van der Waals surface area contributed by atoms with Crippen molar-refractivity contribution < 1.29 is 9.21 Å². The van der Waals surface area contributed by atoms with Crippen molar-refractivity contribution in [1.82, 2.24) is 9.88 Å². The molecule has 1 saturated carbocycles. The molecule has 2 heterocycles. The third-order valence-corrected chi connectivity index (χ3v) is 5.66. The molecule has 1 aliphatic carbocycles. The number of hydrogen-bond donors (Lipinski definition) is 0. The topological polar surface area (TPSA) is 49.6 Å². The van der Waals surface area contributed by atoms with Crippen molar-refractivity contribution in [2.24, 2.45) is 11.8 Å². The number of oxazole rings is 1. The second-order valence-corrected chi connectivity index (χ2v) is 7.25. The Hall–Kier alpha value is -2.04. The smallest absolute Gasteiger partial charge is 0.298 e. The quantitative estimate of drug-likeness (QED) is 0.864. The van der Waals surface area contributed by atoms with Crippen LogP contribution in [0.25, 0.3) is 11.1 Å². The van der Waals surface area contributed by atoms with Crippen LogP contribution < -0.4 is 4.90 Å². The van der Waals surface area contributed by atoms with Crippen LogP contribution in [0, 0.1) is 11.8 Å². The van der Waals surface area contributed by atoms with Crippen molar-refractivity contribution in [2.75, 3.05) is 25.0 Å². The van der Waals surface area contributed by atoms with E-state index in [9.17, 15) is 4.79 Å². The molecular weight excluding hydrogens is 302 g/mol. The SMILES string of the molecule is CC(C1CC1)N(C)C(=O)C1CCN(c2nc3ccccc3o2)CC1. The van der Waals surface area contributed by atoms with Crippen LogP contribution in [-0.2, 0) is 4.79 Å². The molecule has 1 aliphatic heterocycles. The first kappa shape index (κ1) is 15.5. The number of benzene rings is 1. The number of anilines is 1. The van der Waals surface area contributed by atoms with E-state index >= 15 is 0 Å². The van der Waals surface area contributed by atoms with Gasteiger partial charge in [-0.05, 0) is 50.7 Å². The van der Waals surface area contributed by atoms with Crippen molar-refractivity contribution in [3.63, 3.8) is 0 Å². The summed E-state index contributed by atoms with van der Waals surface area (Å²) in [5.74, 6) is 1.17. The first-order valence-electron chi connectivity index (χ1n) is 9.00. The molecule has 1 unspecified atom stereocenters. The van der Waals surface area contributed by atoms with Gasteiger partial charge in [0.2, 0.25) is 5.91 Å². The molecule has 1 saturated heterocycles. The molecule has 1 atom stereocenters. The average molecular weight is 327 g/mol. The molecule has 2 fully saturated rings. The van der Waals surface area contributed by atoms with Crippen molar-refractivity contribution >= 4 is 23.0 Å². The number of hydrogen-bond acceptors (Lipinski definition) is 4. The highest BCUT2D eigenvalue weighted by atomic mass is 16.4. The molecule has 1 amide bonds. The van der Waals surface area contributed by atoms with Crippen LogP contribution in [0.3, 0.4) is 0 Å². The van der Waals surface area contributed by atoms with Gasteiger partial charge in [-0.2, -0.15) is 4.98 Å². The first-order valence-corrected chi connectivity index (χ1v) is 9.00. The van der Waals surface area contributed by atoms with Gasteiger partial charge in [-0.25, -0.2) is 0 Å². The number of amides is 1. The monoisotopic (exact) mass is 327 g/mol. The minimum absolute atomic E-state index is 0.136. The number of nitrogens with zero attached hydrogens (tertiary/aromatic N) is 3. The van der Waals surface area contributed by atoms with Crippen molar-refractivity contribution in [3.8, 4) is 0 Å². The molecule has 128 valence electrons. The summed E-state index contributed by atoms with van der Waals surface area (Å²) in [5, 5.41) is 0. The molecule has 24 heavy (non-hydrogen) atoms. The van der Waals surface area contributed by atoms with Crippen LogP contribution in [0.5, 0.6) is 0 Å². The Labute approximate surface area is 142 Å². The van der Waals surface area contributed by atoms with Gasteiger partial charge in [-0.15, -0.1) is 0 Å². The largest absolute Gasteiger partial charge is 0.423 e. The van der Waals surface area contributed by atoms with E-state index < -0.39 is 0 Å². The van der Waals surface area contributed by atoms with Gasteiger partial charge in [0.25, 0.3) is 6.01 Å². The van der Waals surface area contributed by atoms with Gasteiger partial charge in [-0.3, -0.25) is 4.79 Å². The third-order valence-electron chi connectivity index (χ3n) is 5.66. The van der Waals surface area contributed by atoms with Gasteiger partial charge in [0.15, 0.2) is 5.58 Å². The first-order chi connectivity index (χ1) is 11.6. The predicted octanol–water partition coefficient (Wildman–Crippen LogP) is 3.30. The number of carbonyl (C=O) groups excluding carboxylic acids is 1. The van der Waals surface area contributed by atoms with Crippen LogP contribution in [0.2, 0.25) is 0 Å². The van der Waals surface area contributed by atoms with E-state index in [0.29, 0.717) is 18.0 Å². The predicted molar refractivity (Wildman–Crippen MR) is 93.9 cm³/mol. The fourth-order valence-electron chi connectivity index (χ4n) is 3.70. The molecule has 2 aliphatic rings. The minimum atomic E-state index is 0.136. The standard InChI is InChI=1S/C19H25N3O2/c1-13(14-7-8-14)21(2)18(23)15-9-11-22(12-10-15)19-20-16-5-3-4-6-17(16)24-19/h3-6,13-15H,7-12H2,1-2H3. The van der Waals surface area contributed by atoms with E-state index in [1.807, 2.05) is 36.2 Å². The lowest BCUT2D eigenvalue weighted by molar-refractivity contribution is -0.137. The number of rotatable bonds is 4. The molecular formula is C19H25N3O2. The van der Waals surface area contributed by atoms with Gasteiger partial charge >= 0.3 is 0 Å². The van der Waals surface area contributed by atoms with Crippen molar-refractivity contribution in [1.29, 1.82) is 0 Å². The highest BCUT2D eigenvalue weighted by Gasteiger charge is 2.36. The van der Waals surface area contributed by atoms with Crippen molar-refractivity contribution in [2.45, 2.75) is 38.6 Å². The van der Waals surface area contributed by atoms with E-state index in [1.165, 1.54) is 12.8 Å². The Kier molecular flexibility index (Phi) is 3.94. The molecule has 0 N–H and O–H groups in total. The summed E-state index contributed by atoms with van der Waals surface area (Å²) in [7, 11) is 1.97. The maximum absolute atomic E-state index is 12.7. The van der Waals surface area contributed by atoms with E-state index in [2.05, 4.69) is 16.8 Å². The van der Waals surface area contributed by atoms with Gasteiger partial charge in [0.1, 0.15) is 5.52 Å². The number of fused-ring (bicyclic) bond motifs is 1. The highest BCUT2D eigenvalue weighted by Crippen LogP contribution is 2.35. The molecule has 0 spiro atoms. The molecule has 0 bridgehead atoms. The van der Waals surface area contributed by atoms with Crippen molar-refractivity contribution in [3.05, 3.63) is 24.3 Å². The van der Waals surface area contributed by atoms with Crippen LogP contribution in [-0.4, -0.2) is 42.0 Å². The summed E-state index contributed by atoms with van der Waals surface area (Å²) in [4.78, 5) is 21.4. The Bertz CT molecular complexity index is 696. The summed E-state index contributed by atoms with van der Waals surface area (Å²) < 4.78 is 5.85. The zero-order chi connectivity index (χ0) is 16.7. The van der Waals surface area contributed by atoms with E-state index in [0.717, 1.165) is 42.9 Å². The zero-order valence-electron chi connectivity index (χ0n) is 14.4. The summed E-state index contributed by atoms with van der Waals surface area (Å²) >= 11 is 0. The lowest BCUT2D eigenvalue weighted by Gasteiger charge is -2.34. The summed E-state index contributed by atoms with van der Waals surface area (Å²) in [6, 6.07) is 8.90. The minimum Gasteiger partial charge on any atom is -0.423 e. The Balaban J connectivity index is 1.38. The van der Waals surface area contributed by atoms with Crippen LogP contribution >= 0.6 is 0 Å². The maximum Gasteiger partial charge on any atom is 0.298 e. The van der Waals surface area contributed by atoms with Crippen LogP contribution in [0.4, 0.5) is 6.01 Å². The fourth-order valence-corrected chi connectivity index (χ4v) is 3.70. The normalized spacial score (nSPS) is 20.3. The van der Waals surface area contributed by atoms with Crippen LogP contribution in [0.1, 0.15) is 32.6 Å². The number of aromatic nitrogens is 1. The molecule has 5 heteroatoms. The second kappa shape index (κ2) is 6.11. The molecule has 5 nitrogen and oxygen atoms in total. The molecule has 2 aromatic rings. The Morgan fingerprint density at radius 1 is 1.25 bits per heavy atom. The average Bonchev–Trinajstić information content (AvgIpc) is 3.38. The second-order valence-electron chi connectivity index (χ2n) is 7.25. The zero-order valence-corrected chi connectivity index (χ0v) is 14.4. The lowest BCUT2D eigenvalue weighted by atomic mass is 9.95. The molecule has 4 rings (SSSR count). The summed E-state index contributed by atoms with van der Waals surface area (Å²) in [5.41, 5.74) is 1.72. The fraction of sp³-hybridized carbons (Fsp3) is 0.579. The lowest BCUT2D eigenvalue weighted by Crippen LogP contribution is -2.44. The number of para-hydroxylation sites is 2. The van der Waals surface area contributed by atoms with Crippen LogP contribution in [0.15, 0.2) is 28.7 Å². The third kappa shape index (κ3) is 2.87. The van der Waals surface area contributed by atoms with E-state index in [4.69, 9.17) is 4.42 Å². The molecule has 1 aromatic heterocycles. The van der Waals surface area contributed by atoms with Gasteiger partial charge in [-0.1, -0.05) is 12.1 Å². The maximum atomic E-state index is 12.7. The number of piperidine rings is 1. The number of carbonyl (C=O) groups is 1. The summed E-state index contributed by atoms with van der Waals surface area (Å²) in [6.07, 6.45) is 4.29. The molecule has 1 aromatic carbocycles. The van der Waals surface area contributed by atoms with E-state index in [1.54, 1.807) is 0 Å². The van der Waals surface area contributed by atoms with Gasteiger partial charge < -0.3 is 14.2 Å². The molecule has 0 radical (unpaired) electrons. The Morgan fingerprint density at radius 3 is 2.62 bits per heavy atom.